The van der Waals surface area contributed by atoms with E-state index in [0.717, 1.165) is 12.8 Å². The van der Waals surface area contributed by atoms with E-state index in [9.17, 15) is 9.59 Å². The van der Waals surface area contributed by atoms with Gasteiger partial charge in [0.1, 0.15) is 6.26 Å². The summed E-state index contributed by atoms with van der Waals surface area (Å²) in [6, 6.07) is 1.45. The summed E-state index contributed by atoms with van der Waals surface area (Å²) in [6.45, 7) is 1.07. The molecule has 2 N–H and O–H groups in total. The maximum Gasteiger partial charge on any atom is 0.314 e. The van der Waals surface area contributed by atoms with E-state index >= 15 is 0 Å². The molecule has 92 valence electrons. The fraction of sp³-hybridized carbons (Fsp3) is 0.500. The minimum Gasteiger partial charge on any atom is -0.376 e. The van der Waals surface area contributed by atoms with E-state index in [2.05, 4.69) is 20.3 Å². The van der Waals surface area contributed by atoms with Gasteiger partial charge in [0, 0.05) is 19.2 Å². The molecule has 0 bridgehead atoms. The molecular formula is C10H13N3O4. The Labute approximate surface area is 97.5 Å². The minimum absolute atomic E-state index is 0.0128. The Morgan fingerprint density at radius 1 is 1.47 bits per heavy atom. The fourth-order valence-corrected chi connectivity index (χ4v) is 1.54. The topological polar surface area (TPSA) is 93.5 Å². The Morgan fingerprint density at radius 2 is 2.35 bits per heavy atom. The van der Waals surface area contributed by atoms with E-state index in [1.54, 1.807) is 0 Å². The molecule has 0 aliphatic carbocycles. The molecule has 0 aromatic carbocycles. The van der Waals surface area contributed by atoms with Crippen LogP contribution < -0.4 is 10.6 Å². The summed E-state index contributed by atoms with van der Waals surface area (Å²) in [4.78, 5) is 22.8. The zero-order valence-corrected chi connectivity index (χ0v) is 9.14. The van der Waals surface area contributed by atoms with E-state index in [4.69, 9.17) is 4.74 Å². The van der Waals surface area contributed by atoms with Gasteiger partial charge in [-0.2, -0.15) is 0 Å². The van der Waals surface area contributed by atoms with Gasteiger partial charge in [0.15, 0.2) is 5.82 Å². The zero-order valence-electron chi connectivity index (χ0n) is 9.14. The largest absolute Gasteiger partial charge is 0.376 e. The summed E-state index contributed by atoms with van der Waals surface area (Å²) in [6.07, 6.45) is 3.22. The smallest absolute Gasteiger partial charge is 0.314 e. The first-order chi connectivity index (χ1) is 8.25. The van der Waals surface area contributed by atoms with Crippen LogP contribution in [0.15, 0.2) is 16.9 Å². The molecule has 2 amide bonds. The zero-order chi connectivity index (χ0) is 12.1. The molecule has 7 heteroatoms. The predicted octanol–water partition coefficient (Wildman–Crippen LogP) is -0.0917. The van der Waals surface area contributed by atoms with Crippen molar-refractivity contribution in [2.75, 3.05) is 18.5 Å². The number of aromatic nitrogens is 1. The Balaban J connectivity index is 1.73. The molecule has 0 radical (unpaired) electrons. The molecule has 2 rings (SSSR count). The second-order valence-electron chi connectivity index (χ2n) is 3.68. The number of hydrogen-bond donors (Lipinski definition) is 2. The lowest BCUT2D eigenvalue weighted by Crippen LogP contribution is -2.39. The molecule has 1 aromatic heterocycles. The quantitative estimate of drug-likeness (QED) is 0.719. The van der Waals surface area contributed by atoms with Crippen LogP contribution in [0.3, 0.4) is 0 Å². The summed E-state index contributed by atoms with van der Waals surface area (Å²) < 4.78 is 9.84. The lowest BCUT2D eigenvalue weighted by atomic mass is 10.2. The highest BCUT2D eigenvalue weighted by molar-refractivity contribution is 6.39. The number of hydrogen-bond acceptors (Lipinski definition) is 5. The van der Waals surface area contributed by atoms with Crippen molar-refractivity contribution < 1.29 is 18.8 Å². The van der Waals surface area contributed by atoms with Crippen molar-refractivity contribution in [3.63, 3.8) is 0 Å². The molecular weight excluding hydrogens is 226 g/mol. The van der Waals surface area contributed by atoms with Gasteiger partial charge in [-0.1, -0.05) is 5.16 Å². The van der Waals surface area contributed by atoms with Crippen LogP contribution in [0, 0.1) is 0 Å². The average Bonchev–Trinajstić information content (AvgIpc) is 2.98. The van der Waals surface area contributed by atoms with E-state index < -0.39 is 11.8 Å². The van der Waals surface area contributed by atoms with Gasteiger partial charge < -0.3 is 14.6 Å². The van der Waals surface area contributed by atoms with Crippen molar-refractivity contribution >= 4 is 17.6 Å². The lowest BCUT2D eigenvalue weighted by molar-refractivity contribution is -0.136. The van der Waals surface area contributed by atoms with Gasteiger partial charge in [0.25, 0.3) is 0 Å². The Bertz CT molecular complexity index is 384. The molecule has 0 spiro atoms. The van der Waals surface area contributed by atoms with Crippen molar-refractivity contribution in [2.24, 2.45) is 0 Å². The summed E-state index contributed by atoms with van der Waals surface area (Å²) in [7, 11) is 0. The van der Waals surface area contributed by atoms with Crippen molar-refractivity contribution in [3.05, 3.63) is 12.3 Å². The second kappa shape index (κ2) is 5.44. The van der Waals surface area contributed by atoms with Crippen LogP contribution in [0.2, 0.25) is 0 Å². The van der Waals surface area contributed by atoms with Crippen LogP contribution in [0.5, 0.6) is 0 Å². The average molecular weight is 239 g/mol. The van der Waals surface area contributed by atoms with Gasteiger partial charge >= 0.3 is 11.8 Å². The minimum atomic E-state index is -0.767. The molecule has 0 saturated carbocycles. The van der Waals surface area contributed by atoms with Crippen LogP contribution >= 0.6 is 0 Å². The van der Waals surface area contributed by atoms with Gasteiger partial charge in [-0.15, -0.1) is 0 Å². The SMILES string of the molecule is O=C(NC[C@@H]1CCCO1)C(=O)Nc1ccon1. The van der Waals surface area contributed by atoms with E-state index in [-0.39, 0.29) is 11.9 Å². The third-order valence-corrected chi connectivity index (χ3v) is 2.40. The molecule has 1 saturated heterocycles. The predicted molar refractivity (Wildman–Crippen MR) is 57.1 cm³/mol. The summed E-state index contributed by atoms with van der Waals surface area (Å²) in [5, 5.41) is 8.27. The molecule has 1 aliphatic rings. The van der Waals surface area contributed by atoms with Crippen molar-refractivity contribution in [1.82, 2.24) is 10.5 Å². The third-order valence-electron chi connectivity index (χ3n) is 2.40. The molecule has 1 aromatic rings. The highest BCUT2D eigenvalue weighted by Gasteiger charge is 2.19. The van der Waals surface area contributed by atoms with E-state index in [1.165, 1.54) is 12.3 Å². The third kappa shape index (κ3) is 3.28. The highest BCUT2D eigenvalue weighted by Crippen LogP contribution is 2.10. The molecule has 0 unspecified atom stereocenters. The number of carbonyl (C=O) groups excluding carboxylic acids is 2. The van der Waals surface area contributed by atoms with E-state index in [1.807, 2.05) is 0 Å². The number of anilines is 1. The van der Waals surface area contributed by atoms with Crippen molar-refractivity contribution in [3.8, 4) is 0 Å². The lowest BCUT2D eigenvalue weighted by Gasteiger charge is -2.09. The number of carbonyl (C=O) groups is 2. The molecule has 2 heterocycles. The maximum absolute atomic E-state index is 11.4. The van der Waals surface area contributed by atoms with Crippen LogP contribution in [0.1, 0.15) is 12.8 Å². The second-order valence-corrected chi connectivity index (χ2v) is 3.68. The number of nitrogens with one attached hydrogen (secondary N) is 2. The first-order valence-corrected chi connectivity index (χ1v) is 5.37. The summed E-state index contributed by atoms with van der Waals surface area (Å²) in [5.74, 6) is -1.26. The first kappa shape index (κ1) is 11.6. The van der Waals surface area contributed by atoms with Gasteiger partial charge in [-0.05, 0) is 12.8 Å². The standard InChI is InChI=1S/C10H13N3O4/c14-9(11-6-7-2-1-4-16-7)10(15)12-8-3-5-17-13-8/h3,5,7H,1-2,4,6H2,(H,11,14)(H,12,13,15)/t7-/m0/s1. The van der Waals surface area contributed by atoms with Gasteiger partial charge in [0.05, 0.1) is 6.10 Å². The van der Waals surface area contributed by atoms with Crippen LogP contribution in [0.4, 0.5) is 5.82 Å². The van der Waals surface area contributed by atoms with Crippen LogP contribution in [-0.2, 0) is 14.3 Å². The van der Waals surface area contributed by atoms with Crippen molar-refractivity contribution in [1.29, 1.82) is 0 Å². The molecule has 1 aliphatic heterocycles. The fourth-order valence-electron chi connectivity index (χ4n) is 1.54. The highest BCUT2D eigenvalue weighted by atomic mass is 16.5. The first-order valence-electron chi connectivity index (χ1n) is 5.37. The van der Waals surface area contributed by atoms with Crippen LogP contribution in [-0.4, -0.2) is 36.2 Å². The summed E-state index contributed by atoms with van der Waals surface area (Å²) >= 11 is 0. The number of amides is 2. The maximum atomic E-state index is 11.4. The number of ether oxygens (including phenoxy) is 1. The Morgan fingerprint density at radius 3 is 3.00 bits per heavy atom. The van der Waals surface area contributed by atoms with Gasteiger partial charge in [0.2, 0.25) is 0 Å². The van der Waals surface area contributed by atoms with Gasteiger partial charge in [-0.25, -0.2) is 0 Å². The van der Waals surface area contributed by atoms with E-state index in [0.29, 0.717) is 13.2 Å². The molecule has 17 heavy (non-hydrogen) atoms. The molecule has 1 fully saturated rings. The molecule has 1 atom stereocenters. The number of nitrogens with zero attached hydrogens (tertiary/aromatic N) is 1. The summed E-state index contributed by atoms with van der Waals surface area (Å²) in [5.41, 5.74) is 0. The van der Waals surface area contributed by atoms with Crippen molar-refractivity contribution in [2.45, 2.75) is 18.9 Å². The normalized spacial score (nSPS) is 18.9. The van der Waals surface area contributed by atoms with Gasteiger partial charge in [-0.3, -0.25) is 14.9 Å². The monoisotopic (exact) mass is 239 g/mol. The van der Waals surface area contributed by atoms with Crippen LogP contribution in [0.25, 0.3) is 0 Å². The number of rotatable bonds is 3. The molecule has 7 nitrogen and oxygen atoms in total. The Kier molecular flexibility index (Phi) is 3.71. The Hall–Kier alpha value is -1.89.